The van der Waals surface area contributed by atoms with E-state index in [0.717, 1.165) is 16.7 Å². The van der Waals surface area contributed by atoms with Gasteiger partial charge in [-0.15, -0.1) is 0 Å². The van der Waals surface area contributed by atoms with Gasteiger partial charge < -0.3 is 20.1 Å². The predicted molar refractivity (Wildman–Crippen MR) is 172 cm³/mol. The van der Waals surface area contributed by atoms with Gasteiger partial charge in [-0.3, -0.25) is 19.3 Å². The normalized spacial score (nSPS) is 14.9. The number of nitrogens with one attached hydrogen (secondary N) is 1. The highest BCUT2D eigenvalue weighted by Gasteiger charge is 2.42. The molecule has 1 aliphatic rings. The van der Waals surface area contributed by atoms with E-state index in [0.29, 0.717) is 22.6 Å². The third-order valence-electron chi connectivity index (χ3n) is 7.28. The van der Waals surface area contributed by atoms with Gasteiger partial charge >= 0.3 is 12.1 Å². The lowest BCUT2D eigenvalue weighted by molar-refractivity contribution is -0.144. The summed E-state index contributed by atoms with van der Waals surface area (Å²) < 4.78 is 5.33. The van der Waals surface area contributed by atoms with Crippen LogP contribution in [-0.2, 0) is 32.2 Å². The van der Waals surface area contributed by atoms with Crippen LogP contribution in [0.3, 0.4) is 0 Å². The molecule has 0 aliphatic carbocycles. The molecule has 0 bridgehead atoms. The van der Waals surface area contributed by atoms with E-state index in [2.05, 4.69) is 5.32 Å². The van der Waals surface area contributed by atoms with Crippen LogP contribution in [0.5, 0.6) is 0 Å². The van der Waals surface area contributed by atoms with E-state index in [1.54, 1.807) is 69.3 Å². The average Bonchev–Trinajstić information content (AvgIpc) is 3.09. The fourth-order valence-corrected chi connectivity index (χ4v) is 5.26. The summed E-state index contributed by atoms with van der Waals surface area (Å²) >= 11 is 0. The van der Waals surface area contributed by atoms with Crippen LogP contribution < -0.4 is 15.1 Å². The van der Waals surface area contributed by atoms with Gasteiger partial charge in [0.1, 0.15) is 11.5 Å². The molecule has 0 aromatic heterocycles. The number of rotatable bonds is 8. The lowest BCUT2D eigenvalue weighted by atomic mass is 10.0. The van der Waals surface area contributed by atoms with Crippen molar-refractivity contribution in [1.82, 2.24) is 5.32 Å². The molecule has 0 fully saturated rings. The molecule has 4 aromatic carbocycles. The summed E-state index contributed by atoms with van der Waals surface area (Å²) in [5, 5.41) is 12.4. The Bertz CT molecular complexity index is 1710. The minimum Gasteiger partial charge on any atom is -0.481 e. The number of nitrogens with zero attached hydrogens (tertiary/aromatic N) is 2. The number of carboxylic acid groups (broad SMARTS) is 1. The summed E-state index contributed by atoms with van der Waals surface area (Å²) in [7, 11) is 0. The molecule has 1 heterocycles. The van der Waals surface area contributed by atoms with Crippen molar-refractivity contribution in [2.75, 3.05) is 9.80 Å². The maximum atomic E-state index is 14.1. The van der Waals surface area contributed by atoms with Crippen molar-refractivity contribution in [3.05, 3.63) is 114 Å². The third-order valence-corrected chi connectivity index (χ3v) is 7.28. The minimum absolute atomic E-state index is 0.134. The smallest absolute Gasteiger partial charge is 0.407 e. The number of hydrogen-bond acceptors (Lipinski definition) is 5. The number of amides is 3. The standard InChI is InChI=1S/C36H35N3O6/c1-36(2,3)45-35(44)37-22-25-10-9-13-28(20-25)39-31-15-8-7-14-30(31)38(33(42)29(34(39)43)21-32(40)41)23-24-16-18-27(19-17-24)26-11-5-4-6-12-26/h4-20,29H,21-23H2,1-3H3,(H,37,44)(H,40,41). The van der Waals surface area contributed by atoms with Gasteiger partial charge in [0, 0.05) is 12.2 Å². The van der Waals surface area contributed by atoms with Gasteiger partial charge in [-0.25, -0.2) is 4.79 Å². The summed E-state index contributed by atoms with van der Waals surface area (Å²) in [6.45, 7) is 5.59. The Morgan fingerprint density at radius 2 is 1.42 bits per heavy atom. The van der Waals surface area contributed by atoms with Crippen LogP contribution in [0.25, 0.3) is 11.1 Å². The van der Waals surface area contributed by atoms with Crippen molar-refractivity contribution in [2.45, 2.75) is 45.9 Å². The van der Waals surface area contributed by atoms with E-state index in [-0.39, 0.29) is 13.1 Å². The second-order valence-corrected chi connectivity index (χ2v) is 11.8. The number of hydrogen-bond donors (Lipinski definition) is 2. The predicted octanol–water partition coefficient (Wildman–Crippen LogP) is 6.68. The fourth-order valence-electron chi connectivity index (χ4n) is 5.26. The molecule has 230 valence electrons. The molecule has 9 nitrogen and oxygen atoms in total. The lowest BCUT2D eigenvalue weighted by Gasteiger charge is -2.26. The van der Waals surface area contributed by atoms with Crippen LogP contribution in [0, 0.1) is 5.92 Å². The van der Waals surface area contributed by atoms with E-state index in [1.165, 1.54) is 9.80 Å². The summed E-state index contributed by atoms with van der Waals surface area (Å²) in [4.78, 5) is 55.2. The minimum atomic E-state index is -1.46. The van der Waals surface area contributed by atoms with E-state index in [9.17, 15) is 24.3 Å². The molecular weight excluding hydrogens is 570 g/mol. The van der Waals surface area contributed by atoms with E-state index < -0.39 is 41.8 Å². The Kier molecular flexibility index (Phi) is 8.99. The second-order valence-electron chi connectivity index (χ2n) is 11.8. The van der Waals surface area contributed by atoms with Crippen LogP contribution >= 0.6 is 0 Å². The number of aliphatic carboxylic acids is 1. The molecule has 4 aromatic rings. The van der Waals surface area contributed by atoms with Crippen LogP contribution in [0.2, 0.25) is 0 Å². The Balaban J connectivity index is 1.50. The van der Waals surface area contributed by atoms with Gasteiger partial charge in [-0.05, 0) is 67.3 Å². The summed E-state index contributed by atoms with van der Waals surface area (Å²) in [5.41, 5.74) is 4.30. The van der Waals surface area contributed by atoms with Crippen molar-refractivity contribution >= 4 is 40.9 Å². The van der Waals surface area contributed by atoms with Crippen molar-refractivity contribution in [3.63, 3.8) is 0 Å². The highest BCUT2D eigenvalue weighted by atomic mass is 16.6. The Morgan fingerprint density at radius 1 is 0.778 bits per heavy atom. The van der Waals surface area contributed by atoms with E-state index in [4.69, 9.17) is 4.74 Å². The maximum absolute atomic E-state index is 14.1. The molecular formula is C36H35N3O6. The largest absolute Gasteiger partial charge is 0.481 e. The monoisotopic (exact) mass is 605 g/mol. The number of ether oxygens (including phenoxy) is 1. The van der Waals surface area contributed by atoms with Crippen molar-refractivity contribution in [3.8, 4) is 11.1 Å². The van der Waals surface area contributed by atoms with E-state index in [1.807, 2.05) is 54.6 Å². The molecule has 2 N–H and O–H groups in total. The molecule has 1 unspecified atom stereocenters. The molecule has 0 radical (unpaired) electrons. The summed E-state index contributed by atoms with van der Waals surface area (Å²) in [5.74, 6) is -3.95. The highest BCUT2D eigenvalue weighted by Crippen LogP contribution is 2.41. The number of carbonyl (C=O) groups is 4. The lowest BCUT2D eigenvalue weighted by Crippen LogP contribution is -2.41. The number of anilines is 3. The Labute approximate surface area is 262 Å². The van der Waals surface area contributed by atoms with E-state index >= 15 is 0 Å². The first-order valence-electron chi connectivity index (χ1n) is 14.7. The van der Waals surface area contributed by atoms with Gasteiger partial charge in [0.05, 0.1) is 24.3 Å². The topological polar surface area (TPSA) is 116 Å². The van der Waals surface area contributed by atoms with Crippen LogP contribution in [0.1, 0.15) is 38.3 Å². The van der Waals surface area contributed by atoms with Crippen molar-refractivity contribution in [1.29, 1.82) is 0 Å². The summed E-state index contributed by atoms with van der Waals surface area (Å²) in [6.07, 6.45) is -1.24. The van der Waals surface area contributed by atoms with Gasteiger partial charge in [-0.2, -0.15) is 0 Å². The first-order chi connectivity index (χ1) is 21.5. The number of benzene rings is 4. The molecule has 0 saturated heterocycles. The SMILES string of the molecule is CC(C)(C)OC(=O)NCc1cccc(N2C(=O)C(CC(=O)O)C(=O)N(Cc3ccc(-c4ccccc4)cc3)c3ccccc32)c1. The molecule has 0 saturated carbocycles. The highest BCUT2D eigenvalue weighted by molar-refractivity contribution is 6.21. The van der Waals surface area contributed by atoms with Crippen molar-refractivity contribution < 1.29 is 29.0 Å². The van der Waals surface area contributed by atoms with Gasteiger partial charge in [0.15, 0.2) is 0 Å². The molecule has 9 heteroatoms. The van der Waals surface area contributed by atoms with Crippen LogP contribution in [0.15, 0.2) is 103 Å². The molecule has 45 heavy (non-hydrogen) atoms. The number of carboxylic acids is 1. The van der Waals surface area contributed by atoms with Gasteiger partial charge in [0.2, 0.25) is 11.8 Å². The molecule has 5 rings (SSSR count). The first kappa shape index (κ1) is 31.0. The zero-order valence-electron chi connectivity index (χ0n) is 25.4. The zero-order chi connectivity index (χ0) is 32.1. The number of alkyl carbamates (subject to hydrolysis) is 1. The Hall–Kier alpha value is -5.44. The molecule has 1 atom stereocenters. The second kappa shape index (κ2) is 13.1. The first-order valence-corrected chi connectivity index (χ1v) is 14.7. The third kappa shape index (κ3) is 7.38. The van der Waals surface area contributed by atoms with Gasteiger partial charge in [0.25, 0.3) is 0 Å². The Morgan fingerprint density at radius 3 is 2.09 bits per heavy atom. The van der Waals surface area contributed by atoms with Crippen molar-refractivity contribution in [2.24, 2.45) is 5.92 Å². The molecule has 1 aliphatic heterocycles. The number of carbonyl (C=O) groups excluding carboxylic acids is 3. The zero-order valence-corrected chi connectivity index (χ0v) is 25.4. The van der Waals surface area contributed by atoms with Crippen LogP contribution in [0.4, 0.5) is 21.9 Å². The maximum Gasteiger partial charge on any atom is 0.407 e. The summed E-state index contributed by atoms with van der Waals surface area (Å²) in [6, 6.07) is 31.7. The van der Waals surface area contributed by atoms with Crippen LogP contribution in [-0.4, -0.2) is 34.6 Å². The number of para-hydroxylation sites is 2. The average molecular weight is 606 g/mol. The quantitative estimate of drug-likeness (QED) is 0.217. The fraction of sp³-hybridized carbons (Fsp3) is 0.222. The van der Waals surface area contributed by atoms with Gasteiger partial charge in [-0.1, -0.05) is 78.9 Å². The number of fused-ring (bicyclic) bond motifs is 1. The molecule has 3 amide bonds. The molecule has 0 spiro atoms.